The molecule has 7 heteroatoms. The van der Waals surface area contributed by atoms with Crippen molar-refractivity contribution >= 4 is 35.0 Å². The van der Waals surface area contributed by atoms with Gasteiger partial charge in [-0.15, -0.1) is 0 Å². The summed E-state index contributed by atoms with van der Waals surface area (Å²) in [6.07, 6.45) is 4.40. The molecule has 166 valence electrons. The van der Waals surface area contributed by atoms with Crippen molar-refractivity contribution in [2.24, 2.45) is 0 Å². The van der Waals surface area contributed by atoms with Crippen LogP contribution in [0.4, 0.5) is 4.39 Å². The zero-order valence-corrected chi connectivity index (χ0v) is 19.1. The molecule has 0 aromatic heterocycles. The SMILES string of the molecule is CC[C@@H](C(=O)NC1CCCC1)N(Cc1ccc(Cl)cc1Cl)C(=O)Cc1ccccc1F. The molecule has 2 aromatic carbocycles. The lowest BCUT2D eigenvalue weighted by molar-refractivity contribution is -0.141. The minimum Gasteiger partial charge on any atom is -0.352 e. The molecule has 1 aliphatic rings. The van der Waals surface area contributed by atoms with Crippen LogP contribution in [0.2, 0.25) is 10.0 Å². The van der Waals surface area contributed by atoms with Crippen LogP contribution in [-0.4, -0.2) is 28.8 Å². The van der Waals surface area contributed by atoms with Crippen LogP contribution < -0.4 is 5.32 Å². The summed E-state index contributed by atoms with van der Waals surface area (Å²) < 4.78 is 14.2. The van der Waals surface area contributed by atoms with Crippen molar-refractivity contribution < 1.29 is 14.0 Å². The first-order valence-electron chi connectivity index (χ1n) is 10.7. The van der Waals surface area contributed by atoms with Gasteiger partial charge in [-0.05, 0) is 48.6 Å². The maximum Gasteiger partial charge on any atom is 0.243 e. The quantitative estimate of drug-likeness (QED) is 0.557. The van der Waals surface area contributed by atoms with E-state index in [9.17, 15) is 14.0 Å². The Morgan fingerprint density at radius 1 is 1.13 bits per heavy atom. The summed E-state index contributed by atoms with van der Waals surface area (Å²) in [6.45, 7) is 2.01. The number of amides is 2. The van der Waals surface area contributed by atoms with E-state index in [0.29, 0.717) is 27.6 Å². The van der Waals surface area contributed by atoms with Gasteiger partial charge < -0.3 is 10.2 Å². The van der Waals surface area contributed by atoms with E-state index in [1.807, 2.05) is 6.92 Å². The largest absolute Gasteiger partial charge is 0.352 e. The second kappa shape index (κ2) is 11.0. The van der Waals surface area contributed by atoms with Crippen molar-refractivity contribution in [3.63, 3.8) is 0 Å². The number of carbonyl (C=O) groups is 2. The van der Waals surface area contributed by atoms with E-state index in [1.165, 1.54) is 11.0 Å². The highest BCUT2D eigenvalue weighted by atomic mass is 35.5. The summed E-state index contributed by atoms with van der Waals surface area (Å²) >= 11 is 12.4. The summed E-state index contributed by atoms with van der Waals surface area (Å²) in [6, 6.07) is 10.7. The molecule has 0 unspecified atom stereocenters. The van der Waals surface area contributed by atoms with Crippen LogP contribution in [0.3, 0.4) is 0 Å². The van der Waals surface area contributed by atoms with Gasteiger partial charge in [0.1, 0.15) is 11.9 Å². The van der Waals surface area contributed by atoms with Gasteiger partial charge in [0, 0.05) is 22.6 Å². The van der Waals surface area contributed by atoms with Crippen molar-refractivity contribution in [1.29, 1.82) is 0 Å². The van der Waals surface area contributed by atoms with Crippen LogP contribution in [0.25, 0.3) is 0 Å². The third-order valence-corrected chi connectivity index (χ3v) is 6.33. The molecular weight excluding hydrogens is 438 g/mol. The van der Waals surface area contributed by atoms with Crippen LogP contribution >= 0.6 is 23.2 Å². The van der Waals surface area contributed by atoms with Crippen molar-refractivity contribution in [2.45, 2.75) is 64.1 Å². The topological polar surface area (TPSA) is 49.4 Å². The van der Waals surface area contributed by atoms with Gasteiger partial charge in [-0.3, -0.25) is 9.59 Å². The molecule has 3 rings (SSSR count). The predicted molar refractivity (Wildman–Crippen MR) is 122 cm³/mol. The van der Waals surface area contributed by atoms with E-state index in [4.69, 9.17) is 23.2 Å². The fourth-order valence-corrected chi connectivity index (χ4v) is 4.49. The Bertz CT molecular complexity index is 932. The maximum atomic E-state index is 14.2. The number of benzene rings is 2. The molecule has 2 amide bonds. The van der Waals surface area contributed by atoms with E-state index >= 15 is 0 Å². The summed E-state index contributed by atoms with van der Waals surface area (Å²) in [4.78, 5) is 27.9. The van der Waals surface area contributed by atoms with Crippen LogP contribution in [0.5, 0.6) is 0 Å². The van der Waals surface area contributed by atoms with E-state index in [-0.39, 0.29) is 30.8 Å². The molecule has 1 aliphatic carbocycles. The first-order valence-corrected chi connectivity index (χ1v) is 11.4. The molecule has 0 heterocycles. The summed E-state index contributed by atoms with van der Waals surface area (Å²) in [5.41, 5.74) is 0.978. The summed E-state index contributed by atoms with van der Waals surface area (Å²) in [7, 11) is 0. The second-order valence-electron chi connectivity index (χ2n) is 7.94. The summed E-state index contributed by atoms with van der Waals surface area (Å²) in [5.74, 6) is -0.949. The Labute approximate surface area is 192 Å². The molecule has 0 saturated heterocycles. The Hall–Kier alpha value is -2.11. The van der Waals surface area contributed by atoms with Gasteiger partial charge in [0.05, 0.1) is 6.42 Å². The minimum atomic E-state index is -0.674. The monoisotopic (exact) mass is 464 g/mol. The number of rotatable bonds is 8. The first-order chi connectivity index (χ1) is 14.9. The number of hydrogen-bond acceptors (Lipinski definition) is 2. The number of carbonyl (C=O) groups excluding carboxylic acids is 2. The highest BCUT2D eigenvalue weighted by Crippen LogP contribution is 2.25. The molecule has 1 N–H and O–H groups in total. The van der Waals surface area contributed by atoms with Crippen LogP contribution in [0, 0.1) is 5.82 Å². The average molecular weight is 465 g/mol. The molecular formula is C24H27Cl2FN2O2. The maximum absolute atomic E-state index is 14.2. The highest BCUT2D eigenvalue weighted by molar-refractivity contribution is 6.35. The van der Waals surface area contributed by atoms with E-state index in [1.54, 1.807) is 36.4 Å². The number of nitrogens with zero attached hydrogens (tertiary/aromatic N) is 1. The Balaban J connectivity index is 1.86. The molecule has 4 nitrogen and oxygen atoms in total. The second-order valence-corrected chi connectivity index (χ2v) is 8.78. The third-order valence-electron chi connectivity index (χ3n) is 5.74. The Morgan fingerprint density at radius 3 is 2.48 bits per heavy atom. The minimum absolute atomic E-state index is 0.134. The van der Waals surface area contributed by atoms with Crippen molar-refractivity contribution in [1.82, 2.24) is 10.2 Å². The molecule has 0 aliphatic heterocycles. The lowest BCUT2D eigenvalue weighted by Crippen LogP contribution is -2.51. The van der Waals surface area contributed by atoms with Gasteiger partial charge >= 0.3 is 0 Å². The fraction of sp³-hybridized carbons (Fsp3) is 0.417. The van der Waals surface area contributed by atoms with Gasteiger partial charge in [-0.2, -0.15) is 0 Å². The lowest BCUT2D eigenvalue weighted by Gasteiger charge is -2.32. The van der Waals surface area contributed by atoms with Gasteiger partial charge in [0.25, 0.3) is 0 Å². The Kier molecular flexibility index (Phi) is 8.33. The molecule has 0 bridgehead atoms. The molecule has 1 atom stereocenters. The Morgan fingerprint density at radius 2 is 1.84 bits per heavy atom. The number of hydrogen-bond donors (Lipinski definition) is 1. The first kappa shape index (κ1) is 23.6. The predicted octanol–water partition coefficient (Wildman–Crippen LogP) is 5.54. The normalized spacial score (nSPS) is 15.0. The van der Waals surface area contributed by atoms with E-state index in [0.717, 1.165) is 25.7 Å². The van der Waals surface area contributed by atoms with Crippen molar-refractivity contribution in [3.8, 4) is 0 Å². The molecule has 31 heavy (non-hydrogen) atoms. The van der Waals surface area contributed by atoms with Crippen molar-refractivity contribution in [2.75, 3.05) is 0 Å². The zero-order chi connectivity index (χ0) is 22.4. The highest BCUT2D eigenvalue weighted by Gasteiger charge is 2.31. The molecule has 1 fully saturated rings. The fourth-order valence-electron chi connectivity index (χ4n) is 4.03. The van der Waals surface area contributed by atoms with Crippen LogP contribution in [-0.2, 0) is 22.6 Å². The number of halogens is 3. The van der Waals surface area contributed by atoms with Gasteiger partial charge in [-0.25, -0.2) is 4.39 Å². The van der Waals surface area contributed by atoms with Crippen molar-refractivity contribution in [3.05, 3.63) is 69.5 Å². The average Bonchev–Trinajstić information content (AvgIpc) is 3.24. The van der Waals surface area contributed by atoms with Gasteiger partial charge in [0.15, 0.2) is 0 Å². The van der Waals surface area contributed by atoms with Gasteiger partial charge in [0.2, 0.25) is 11.8 Å². The van der Waals surface area contributed by atoms with Gasteiger partial charge in [-0.1, -0.05) is 67.2 Å². The molecule has 0 spiro atoms. The standard InChI is InChI=1S/C24H27Cl2FN2O2/c1-2-22(24(31)28-19-8-4-5-9-19)29(15-17-11-12-18(25)14-20(17)26)23(30)13-16-7-3-6-10-21(16)27/h3,6-7,10-12,14,19,22H,2,4-5,8-9,13,15H2,1H3,(H,28,31)/t22-/m0/s1. The van der Waals surface area contributed by atoms with E-state index < -0.39 is 11.9 Å². The molecule has 1 saturated carbocycles. The summed E-state index contributed by atoms with van der Waals surface area (Å²) in [5, 5.41) is 4.00. The van der Waals surface area contributed by atoms with Crippen LogP contribution in [0.1, 0.15) is 50.2 Å². The smallest absolute Gasteiger partial charge is 0.243 e. The lowest BCUT2D eigenvalue weighted by atomic mass is 10.1. The third kappa shape index (κ3) is 6.20. The molecule has 2 aromatic rings. The number of nitrogens with one attached hydrogen (secondary N) is 1. The molecule has 0 radical (unpaired) electrons. The van der Waals surface area contributed by atoms with Crippen LogP contribution in [0.15, 0.2) is 42.5 Å². The zero-order valence-electron chi connectivity index (χ0n) is 17.5. The van der Waals surface area contributed by atoms with E-state index in [2.05, 4.69) is 5.32 Å².